The highest BCUT2D eigenvalue weighted by Crippen LogP contribution is 2.36. The van der Waals surface area contributed by atoms with Crippen LogP contribution in [0.3, 0.4) is 0 Å². The Morgan fingerprint density at radius 2 is 2.00 bits per heavy atom. The van der Waals surface area contributed by atoms with Crippen LogP contribution in [0.4, 0.5) is 0 Å². The summed E-state index contributed by atoms with van der Waals surface area (Å²) in [6, 6.07) is 9.24. The predicted molar refractivity (Wildman–Crippen MR) is 83.2 cm³/mol. The van der Waals surface area contributed by atoms with E-state index in [4.69, 9.17) is 4.98 Å². The number of nitrogens with one attached hydrogen (secondary N) is 1. The molecule has 2 saturated heterocycles. The molecule has 1 aromatic carbocycles. The highest BCUT2D eigenvalue weighted by Gasteiger charge is 2.43. The number of fused-ring (bicyclic) bond motifs is 3. The van der Waals surface area contributed by atoms with Crippen molar-refractivity contribution in [3.05, 3.63) is 30.1 Å². The molecule has 2 N–H and O–H groups in total. The molecule has 4 heteroatoms. The molecule has 21 heavy (non-hydrogen) atoms. The van der Waals surface area contributed by atoms with Gasteiger partial charge in [0.1, 0.15) is 5.82 Å². The molecular formula is C17H23N3O. The highest BCUT2D eigenvalue weighted by molar-refractivity contribution is 5.75. The molecule has 0 saturated carbocycles. The molecule has 0 radical (unpaired) electrons. The van der Waals surface area contributed by atoms with Crippen molar-refractivity contribution in [2.75, 3.05) is 0 Å². The summed E-state index contributed by atoms with van der Waals surface area (Å²) in [4.78, 5) is 4.78. The Hall–Kier alpha value is -1.39. The van der Waals surface area contributed by atoms with Crippen molar-refractivity contribution in [3.8, 4) is 0 Å². The van der Waals surface area contributed by atoms with E-state index < -0.39 is 5.60 Å². The minimum Gasteiger partial charge on any atom is -0.389 e. The summed E-state index contributed by atoms with van der Waals surface area (Å²) in [6.45, 7) is 3.05. The minimum atomic E-state index is -0.592. The lowest BCUT2D eigenvalue weighted by Crippen LogP contribution is -2.49. The quantitative estimate of drug-likeness (QED) is 0.909. The van der Waals surface area contributed by atoms with Gasteiger partial charge in [0.2, 0.25) is 0 Å². The van der Waals surface area contributed by atoms with E-state index in [-0.39, 0.29) is 0 Å². The van der Waals surface area contributed by atoms with Gasteiger partial charge in [0.05, 0.1) is 16.6 Å². The number of imidazole rings is 1. The van der Waals surface area contributed by atoms with Crippen LogP contribution < -0.4 is 5.32 Å². The molecule has 112 valence electrons. The molecule has 2 aromatic rings. The van der Waals surface area contributed by atoms with E-state index in [0.29, 0.717) is 18.5 Å². The van der Waals surface area contributed by atoms with Gasteiger partial charge in [-0.25, -0.2) is 4.98 Å². The lowest BCUT2D eigenvalue weighted by atomic mass is 9.84. The fourth-order valence-electron chi connectivity index (χ4n) is 4.28. The van der Waals surface area contributed by atoms with Crippen LogP contribution in [-0.2, 0) is 13.0 Å². The maximum absolute atomic E-state index is 11.1. The second-order valence-corrected chi connectivity index (χ2v) is 6.71. The highest BCUT2D eigenvalue weighted by atomic mass is 16.3. The molecule has 2 fully saturated rings. The van der Waals surface area contributed by atoms with Crippen LogP contribution in [0.5, 0.6) is 0 Å². The number of benzene rings is 1. The van der Waals surface area contributed by atoms with Crippen molar-refractivity contribution in [1.82, 2.24) is 14.9 Å². The van der Waals surface area contributed by atoms with Gasteiger partial charge < -0.3 is 15.0 Å². The summed E-state index contributed by atoms with van der Waals surface area (Å²) in [5.74, 6) is 1.03. The maximum atomic E-state index is 11.1. The monoisotopic (exact) mass is 285 g/mol. The maximum Gasteiger partial charge on any atom is 0.112 e. The number of hydrogen-bond donors (Lipinski definition) is 2. The van der Waals surface area contributed by atoms with Crippen molar-refractivity contribution in [1.29, 1.82) is 0 Å². The molecular weight excluding hydrogens is 262 g/mol. The molecule has 4 nitrogen and oxygen atoms in total. The van der Waals surface area contributed by atoms with E-state index in [1.165, 1.54) is 18.4 Å². The van der Waals surface area contributed by atoms with Gasteiger partial charge in [0, 0.05) is 25.0 Å². The van der Waals surface area contributed by atoms with Crippen molar-refractivity contribution < 1.29 is 5.11 Å². The zero-order chi connectivity index (χ0) is 14.4. The number of aromatic nitrogens is 2. The predicted octanol–water partition coefficient (Wildman–Crippen LogP) is 2.24. The summed E-state index contributed by atoms with van der Waals surface area (Å²) < 4.78 is 2.25. The molecule has 2 aliphatic rings. The molecule has 0 amide bonds. The smallest absolute Gasteiger partial charge is 0.112 e. The summed E-state index contributed by atoms with van der Waals surface area (Å²) in [5.41, 5.74) is 1.62. The number of rotatable bonds is 3. The third kappa shape index (κ3) is 2.27. The second-order valence-electron chi connectivity index (χ2n) is 6.71. The number of piperidine rings is 1. The van der Waals surface area contributed by atoms with Crippen LogP contribution in [0, 0.1) is 0 Å². The molecule has 0 aliphatic carbocycles. The van der Waals surface area contributed by atoms with Crippen LogP contribution >= 0.6 is 0 Å². The van der Waals surface area contributed by atoms with Crippen LogP contribution in [0.1, 0.15) is 38.4 Å². The number of hydrogen-bond acceptors (Lipinski definition) is 3. The standard InChI is InChI=1S/C17H23N3O/c1-2-20-15-6-4-3-5-14(15)19-16(20)11-17(21)9-12-7-8-13(10-17)18-12/h3-6,12-13,18,21H,2,7-11H2,1H3. The van der Waals surface area contributed by atoms with Crippen molar-refractivity contribution in [2.45, 2.75) is 63.3 Å². The molecule has 1 aromatic heterocycles. The van der Waals surface area contributed by atoms with Crippen LogP contribution in [-0.4, -0.2) is 32.3 Å². The van der Waals surface area contributed by atoms with Gasteiger partial charge >= 0.3 is 0 Å². The summed E-state index contributed by atoms with van der Waals surface area (Å²) >= 11 is 0. The van der Waals surface area contributed by atoms with Gasteiger partial charge in [-0.1, -0.05) is 12.1 Å². The third-order valence-electron chi connectivity index (χ3n) is 5.12. The third-order valence-corrected chi connectivity index (χ3v) is 5.12. The Morgan fingerprint density at radius 3 is 2.71 bits per heavy atom. The second kappa shape index (κ2) is 4.82. The number of para-hydroxylation sites is 2. The molecule has 2 atom stereocenters. The van der Waals surface area contributed by atoms with Crippen molar-refractivity contribution in [2.24, 2.45) is 0 Å². The normalized spacial score (nSPS) is 31.9. The number of aryl methyl sites for hydroxylation is 1. The number of aliphatic hydroxyl groups is 1. The lowest BCUT2D eigenvalue weighted by Gasteiger charge is -2.37. The Labute approximate surface area is 125 Å². The average molecular weight is 285 g/mol. The first-order chi connectivity index (χ1) is 10.2. The average Bonchev–Trinajstić information content (AvgIpc) is 2.98. The van der Waals surface area contributed by atoms with E-state index in [1.807, 2.05) is 6.07 Å². The molecule has 2 aliphatic heterocycles. The zero-order valence-corrected chi connectivity index (χ0v) is 12.5. The molecule has 4 rings (SSSR count). The van der Waals surface area contributed by atoms with Crippen molar-refractivity contribution in [3.63, 3.8) is 0 Å². The van der Waals surface area contributed by atoms with Gasteiger partial charge in [0.25, 0.3) is 0 Å². The Morgan fingerprint density at radius 1 is 1.29 bits per heavy atom. The first-order valence-corrected chi connectivity index (χ1v) is 8.09. The van der Waals surface area contributed by atoms with Crippen LogP contribution in [0.25, 0.3) is 11.0 Å². The Bertz CT molecular complexity index is 651. The van der Waals surface area contributed by atoms with E-state index in [2.05, 4.69) is 35.0 Å². The van der Waals surface area contributed by atoms with E-state index >= 15 is 0 Å². The van der Waals surface area contributed by atoms with Gasteiger partial charge in [-0.05, 0) is 44.7 Å². The first-order valence-electron chi connectivity index (χ1n) is 8.09. The van der Waals surface area contributed by atoms with Gasteiger partial charge in [-0.15, -0.1) is 0 Å². The molecule has 3 heterocycles. The summed E-state index contributed by atoms with van der Waals surface area (Å²) in [7, 11) is 0. The van der Waals surface area contributed by atoms with Gasteiger partial charge in [0.15, 0.2) is 0 Å². The zero-order valence-electron chi connectivity index (χ0n) is 12.5. The minimum absolute atomic E-state index is 0.494. The first kappa shape index (κ1) is 13.3. The fourth-order valence-corrected chi connectivity index (χ4v) is 4.28. The lowest BCUT2D eigenvalue weighted by molar-refractivity contribution is -0.00820. The van der Waals surface area contributed by atoms with Gasteiger partial charge in [-0.3, -0.25) is 0 Å². The fraction of sp³-hybridized carbons (Fsp3) is 0.588. The van der Waals surface area contributed by atoms with Crippen molar-refractivity contribution >= 4 is 11.0 Å². The summed E-state index contributed by atoms with van der Waals surface area (Å²) in [6.07, 6.45) is 4.80. The van der Waals surface area contributed by atoms with E-state index in [9.17, 15) is 5.11 Å². The van der Waals surface area contributed by atoms with Crippen LogP contribution in [0.15, 0.2) is 24.3 Å². The van der Waals surface area contributed by atoms with E-state index in [1.54, 1.807) is 0 Å². The molecule has 0 spiro atoms. The Balaban J connectivity index is 1.67. The SMILES string of the molecule is CCn1c(CC2(O)CC3CCC(C2)N3)nc2ccccc21. The topological polar surface area (TPSA) is 50.1 Å². The Kier molecular flexibility index (Phi) is 3.05. The van der Waals surface area contributed by atoms with Crippen LogP contribution in [0.2, 0.25) is 0 Å². The van der Waals surface area contributed by atoms with E-state index in [0.717, 1.165) is 30.7 Å². The molecule has 2 unspecified atom stereocenters. The molecule has 2 bridgehead atoms. The number of nitrogens with zero attached hydrogens (tertiary/aromatic N) is 2. The largest absolute Gasteiger partial charge is 0.389 e. The summed E-state index contributed by atoms with van der Waals surface area (Å²) in [5, 5.41) is 14.7. The van der Waals surface area contributed by atoms with Gasteiger partial charge in [-0.2, -0.15) is 0 Å².